The Morgan fingerprint density at radius 2 is 1.67 bits per heavy atom. The Bertz CT molecular complexity index is 1180. The Labute approximate surface area is 290 Å². The lowest BCUT2D eigenvalue weighted by Gasteiger charge is -2.58. The van der Waals surface area contributed by atoms with Gasteiger partial charge in [0.15, 0.2) is 0 Å². The number of hydrogen-bond donors (Lipinski definition) is 0. The first-order valence-corrected chi connectivity index (χ1v) is 19.5. The van der Waals surface area contributed by atoms with Gasteiger partial charge in [0, 0.05) is 22.4 Å². The summed E-state index contributed by atoms with van der Waals surface area (Å²) in [5.74, 6) is 0.487. The summed E-state index contributed by atoms with van der Waals surface area (Å²) in [6, 6.07) is 0. The van der Waals surface area contributed by atoms with Crippen LogP contribution in [0.5, 0.6) is 0 Å². The second kappa shape index (κ2) is 17.9. The molecule has 2 heteroatoms. The van der Waals surface area contributed by atoms with Gasteiger partial charge in [-0.2, -0.15) is 0 Å². The number of fused-ring (bicyclic) bond motifs is 5. The summed E-state index contributed by atoms with van der Waals surface area (Å²) >= 11 is 0. The summed E-state index contributed by atoms with van der Waals surface area (Å²) < 4.78 is 61.2. The number of carbonyl (C=O) groups excluding carboxylic acids is 1. The SMILES string of the molecule is [2H]C([2H])([2H])C([2H])(CCC[C@@H](C)[C@H]1CC[C@H]2[C@@H]3CC=C4C[C@@H](OC(=O)CCCCCCC/C=C/CCCCCC)CC[C@]4(C)[C@H]3CC[C@]12C)C([2H])([2H])[2H]. The number of esters is 1. The molecule has 0 aromatic carbocycles. The molecule has 0 amide bonds. The minimum Gasteiger partial charge on any atom is -0.462 e. The Morgan fingerprint density at radius 3 is 2.42 bits per heavy atom. The maximum absolute atomic E-state index is 12.8. The lowest BCUT2D eigenvalue weighted by Crippen LogP contribution is -2.51. The van der Waals surface area contributed by atoms with Gasteiger partial charge in [0.1, 0.15) is 6.10 Å². The summed E-state index contributed by atoms with van der Waals surface area (Å²) in [6.45, 7) is 3.87. The molecule has 0 saturated heterocycles. The monoisotopic (exact) mass is 630 g/mol. The number of ether oxygens (including phenoxy) is 1. The average Bonchev–Trinajstić information content (AvgIpc) is 3.43. The highest BCUT2D eigenvalue weighted by Crippen LogP contribution is 2.67. The highest BCUT2D eigenvalue weighted by molar-refractivity contribution is 5.69. The van der Waals surface area contributed by atoms with E-state index in [4.69, 9.17) is 14.3 Å². The van der Waals surface area contributed by atoms with E-state index in [1.54, 1.807) is 0 Å². The van der Waals surface area contributed by atoms with E-state index in [-0.39, 0.29) is 29.3 Å². The molecule has 3 fully saturated rings. The van der Waals surface area contributed by atoms with Gasteiger partial charge in [-0.15, -0.1) is 0 Å². The van der Waals surface area contributed by atoms with Crippen molar-refractivity contribution >= 4 is 5.97 Å². The number of unbranched alkanes of at least 4 members (excludes halogenated alkanes) is 9. The van der Waals surface area contributed by atoms with Gasteiger partial charge >= 0.3 is 5.97 Å². The van der Waals surface area contributed by atoms with Crippen molar-refractivity contribution in [3.05, 3.63) is 23.8 Å². The lowest BCUT2D eigenvalue weighted by molar-refractivity contribution is -0.151. The van der Waals surface area contributed by atoms with Crippen molar-refractivity contribution in [2.75, 3.05) is 0 Å². The van der Waals surface area contributed by atoms with Crippen LogP contribution < -0.4 is 0 Å². The Morgan fingerprint density at radius 1 is 0.933 bits per heavy atom. The number of hydrogen-bond acceptors (Lipinski definition) is 2. The lowest BCUT2D eigenvalue weighted by atomic mass is 9.47. The molecule has 258 valence electrons. The number of carbonyl (C=O) groups is 1. The van der Waals surface area contributed by atoms with Crippen molar-refractivity contribution in [2.24, 2.45) is 46.3 Å². The third kappa shape index (κ3) is 9.75. The van der Waals surface area contributed by atoms with Crippen molar-refractivity contribution in [1.82, 2.24) is 0 Å². The van der Waals surface area contributed by atoms with Crippen LogP contribution in [0.15, 0.2) is 23.8 Å². The summed E-state index contributed by atoms with van der Waals surface area (Å²) in [5.41, 5.74) is 1.95. The number of allylic oxidation sites excluding steroid dienone is 3. The number of rotatable bonds is 19. The third-order valence-electron chi connectivity index (χ3n) is 13.3. The van der Waals surface area contributed by atoms with E-state index in [1.807, 2.05) is 0 Å². The zero-order valence-electron chi connectivity index (χ0n) is 36.8. The highest BCUT2D eigenvalue weighted by Gasteiger charge is 2.59. The Kier molecular flexibility index (Phi) is 11.1. The van der Waals surface area contributed by atoms with Crippen LogP contribution in [-0.4, -0.2) is 12.1 Å². The van der Waals surface area contributed by atoms with Gasteiger partial charge in [-0.05, 0) is 123 Å². The third-order valence-corrected chi connectivity index (χ3v) is 13.3. The van der Waals surface area contributed by atoms with Gasteiger partial charge < -0.3 is 4.74 Å². The first-order valence-electron chi connectivity index (χ1n) is 23.0. The second-order valence-electron chi connectivity index (χ2n) is 16.3. The van der Waals surface area contributed by atoms with Gasteiger partial charge in [-0.3, -0.25) is 4.79 Å². The largest absolute Gasteiger partial charge is 0.462 e. The van der Waals surface area contributed by atoms with Crippen LogP contribution in [-0.2, 0) is 9.53 Å². The topological polar surface area (TPSA) is 26.3 Å². The molecule has 0 aromatic rings. The van der Waals surface area contributed by atoms with Crippen molar-refractivity contribution in [2.45, 2.75) is 195 Å². The van der Waals surface area contributed by atoms with E-state index in [2.05, 4.69) is 45.9 Å². The molecule has 3 saturated carbocycles. The van der Waals surface area contributed by atoms with E-state index in [0.29, 0.717) is 42.4 Å². The van der Waals surface area contributed by atoms with Gasteiger partial charge in [0.05, 0.1) is 0 Å². The fourth-order valence-corrected chi connectivity index (χ4v) is 10.7. The average molecular weight is 630 g/mol. The first-order chi connectivity index (χ1) is 24.5. The second-order valence-corrected chi connectivity index (χ2v) is 16.3. The minimum atomic E-state index is -2.83. The summed E-state index contributed by atoms with van der Waals surface area (Å²) in [7, 11) is 0. The van der Waals surface area contributed by atoms with Crippen LogP contribution in [0, 0.1) is 46.3 Å². The molecular weight excluding hydrogens is 548 g/mol. The molecule has 0 heterocycles. The molecule has 4 aliphatic rings. The molecule has 0 N–H and O–H groups in total. The van der Waals surface area contributed by atoms with Crippen LogP contribution >= 0.6 is 0 Å². The predicted octanol–water partition coefficient (Wildman–Crippen LogP) is 13.2. The van der Waals surface area contributed by atoms with E-state index >= 15 is 0 Å². The molecule has 8 atom stereocenters. The van der Waals surface area contributed by atoms with Gasteiger partial charge in [0.25, 0.3) is 0 Å². The fraction of sp³-hybridized carbons (Fsp3) is 0.884. The molecule has 0 aliphatic heterocycles. The zero-order valence-corrected chi connectivity index (χ0v) is 29.8. The predicted molar refractivity (Wildman–Crippen MR) is 193 cm³/mol. The van der Waals surface area contributed by atoms with E-state index in [9.17, 15) is 4.79 Å². The zero-order chi connectivity index (χ0) is 38.2. The molecule has 2 nitrogen and oxygen atoms in total. The quantitative estimate of drug-likeness (QED) is 0.0807. The molecule has 0 radical (unpaired) electrons. The summed E-state index contributed by atoms with van der Waals surface area (Å²) in [5, 5.41) is 0. The highest BCUT2D eigenvalue weighted by atomic mass is 16.5. The Hall–Kier alpha value is -1.05. The van der Waals surface area contributed by atoms with Crippen LogP contribution in [0.4, 0.5) is 0 Å². The van der Waals surface area contributed by atoms with Crippen LogP contribution in [0.25, 0.3) is 0 Å². The van der Waals surface area contributed by atoms with Crippen LogP contribution in [0.3, 0.4) is 0 Å². The molecule has 0 aromatic heterocycles. The molecule has 4 aliphatic carbocycles. The molecular formula is C43H74O2. The molecule has 0 spiro atoms. The normalized spacial score (nSPS) is 36.6. The summed E-state index contributed by atoms with van der Waals surface area (Å²) in [6.07, 6.45) is 31.2. The fourth-order valence-electron chi connectivity index (χ4n) is 10.7. The first kappa shape index (κ1) is 27.9. The smallest absolute Gasteiger partial charge is 0.306 e. The van der Waals surface area contributed by atoms with Crippen LogP contribution in [0.2, 0.25) is 0 Å². The maximum atomic E-state index is 12.8. The standard InChI is InChI=1S/C43H74O2/c1-7-8-9-10-11-12-13-14-15-16-17-18-19-23-41(44)45-36-28-30-42(5)35(32-36)24-25-37-39-27-26-38(34(4)22-20-21-33(2)3)43(39,6)31-29-40(37)42/h12-13,24,33-34,36-40H,7-11,14-23,25-32H2,1-6H3/b13-12+/t34-,36+,37+,38-,39+,40+,42+,43-/m1/s1/i2D3,3D3,33D. The van der Waals surface area contributed by atoms with Gasteiger partial charge in [-0.25, -0.2) is 0 Å². The molecule has 4 rings (SSSR count). The molecule has 0 unspecified atom stereocenters. The molecule has 45 heavy (non-hydrogen) atoms. The van der Waals surface area contributed by atoms with Gasteiger partial charge in [0.2, 0.25) is 0 Å². The van der Waals surface area contributed by atoms with Crippen molar-refractivity contribution in [1.29, 1.82) is 0 Å². The van der Waals surface area contributed by atoms with Crippen molar-refractivity contribution in [3.8, 4) is 0 Å². The van der Waals surface area contributed by atoms with E-state index in [0.717, 1.165) is 44.9 Å². The van der Waals surface area contributed by atoms with E-state index < -0.39 is 19.6 Å². The van der Waals surface area contributed by atoms with Gasteiger partial charge in [-0.1, -0.05) is 123 Å². The van der Waals surface area contributed by atoms with Crippen molar-refractivity contribution < 1.29 is 19.1 Å². The summed E-state index contributed by atoms with van der Waals surface area (Å²) in [4.78, 5) is 12.8. The molecule has 0 bridgehead atoms. The Balaban J connectivity index is 1.20. The van der Waals surface area contributed by atoms with Crippen LogP contribution in [0.1, 0.15) is 199 Å². The van der Waals surface area contributed by atoms with Crippen molar-refractivity contribution in [3.63, 3.8) is 0 Å². The maximum Gasteiger partial charge on any atom is 0.306 e. The van der Waals surface area contributed by atoms with E-state index in [1.165, 1.54) is 89.0 Å². The minimum absolute atomic E-state index is 0.0146.